The van der Waals surface area contributed by atoms with E-state index in [1.807, 2.05) is 6.07 Å². The van der Waals surface area contributed by atoms with Gasteiger partial charge >= 0.3 is 0 Å². The monoisotopic (exact) mass is 265 g/mol. The first-order valence-electron chi connectivity index (χ1n) is 3.89. The zero-order valence-corrected chi connectivity index (χ0v) is 9.24. The summed E-state index contributed by atoms with van der Waals surface area (Å²) in [5.41, 5.74) is 6.39. The summed E-state index contributed by atoms with van der Waals surface area (Å²) in [5, 5.41) is 0. The summed E-state index contributed by atoms with van der Waals surface area (Å²) < 4.78 is 14.1. The van der Waals surface area contributed by atoms with Crippen LogP contribution in [0.5, 0.6) is 0 Å². The van der Waals surface area contributed by atoms with Crippen molar-refractivity contribution in [3.63, 3.8) is 0 Å². The van der Waals surface area contributed by atoms with Gasteiger partial charge in [-0.25, -0.2) is 4.39 Å². The lowest BCUT2D eigenvalue weighted by Gasteiger charge is -2.03. The highest BCUT2D eigenvalue weighted by molar-refractivity contribution is 9.10. The van der Waals surface area contributed by atoms with Crippen LogP contribution in [0.2, 0.25) is 0 Å². The quantitative estimate of drug-likeness (QED) is 0.831. The second-order valence-corrected chi connectivity index (χ2v) is 4.00. The van der Waals surface area contributed by atoms with Gasteiger partial charge in [-0.05, 0) is 18.6 Å². The molecule has 1 saturated carbocycles. The van der Waals surface area contributed by atoms with E-state index in [4.69, 9.17) is 5.73 Å². The maximum Gasteiger partial charge on any atom is 0.127 e. The predicted octanol–water partition coefficient (Wildman–Crippen LogP) is 2.82. The van der Waals surface area contributed by atoms with E-state index >= 15 is 0 Å². The van der Waals surface area contributed by atoms with Gasteiger partial charge in [0, 0.05) is 22.0 Å². The van der Waals surface area contributed by atoms with Crippen molar-refractivity contribution in [2.45, 2.75) is 18.4 Å². The summed E-state index contributed by atoms with van der Waals surface area (Å²) in [6, 6.07) is 5.17. The topological polar surface area (TPSA) is 26.0 Å². The molecular formula is C9H10BrClFN. The second kappa shape index (κ2) is 3.95. The molecule has 4 heteroatoms. The molecular weight excluding hydrogens is 256 g/mol. The lowest BCUT2D eigenvalue weighted by Crippen LogP contribution is -2.02. The molecule has 0 unspecified atom stereocenters. The first kappa shape index (κ1) is 11.0. The second-order valence-electron chi connectivity index (χ2n) is 3.14. The summed E-state index contributed by atoms with van der Waals surface area (Å²) in [7, 11) is 0. The average Bonchev–Trinajstić information content (AvgIpc) is 2.67. The van der Waals surface area contributed by atoms with Gasteiger partial charge in [-0.2, -0.15) is 0 Å². The maximum atomic E-state index is 13.2. The predicted molar refractivity (Wildman–Crippen MR) is 56.7 cm³/mol. The lowest BCUT2D eigenvalue weighted by molar-refractivity contribution is 0.608. The minimum absolute atomic E-state index is 0. The first-order chi connectivity index (χ1) is 5.70. The van der Waals surface area contributed by atoms with Crippen molar-refractivity contribution in [1.82, 2.24) is 0 Å². The van der Waals surface area contributed by atoms with Crippen LogP contribution in [0.3, 0.4) is 0 Å². The van der Waals surface area contributed by atoms with E-state index in [0.29, 0.717) is 0 Å². The van der Waals surface area contributed by atoms with Crippen LogP contribution in [0.1, 0.15) is 17.9 Å². The van der Waals surface area contributed by atoms with Crippen LogP contribution in [-0.2, 0) is 0 Å². The maximum absolute atomic E-state index is 13.2. The molecule has 2 atom stereocenters. The molecule has 1 aromatic rings. The molecule has 0 heterocycles. The van der Waals surface area contributed by atoms with Crippen molar-refractivity contribution in [2.24, 2.45) is 5.73 Å². The van der Waals surface area contributed by atoms with Crippen LogP contribution in [0.25, 0.3) is 0 Å². The molecule has 1 aromatic carbocycles. The van der Waals surface area contributed by atoms with Gasteiger partial charge in [0.15, 0.2) is 0 Å². The number of hydrogen-bond acceptors (Lipinski definition) is 1. The van der Waals surface area contributed by atoms with Crippen LogP contribution in [0.4, 0.5) is 4.39 Å². The molecule has 1 nitrogen and oxygen atoms in total. The van der Waals surface area contributed by atoms with E-state index in [1.54, 1.807) is 6.07 Å². The van der Waals surface area contributed by atoms with E-state index in [9.17, 15) is 4.39 Å². The van der Waals surface area contributed by atoms with Crippen molar-refractivity contribution in [1.29, 1.82) is 0 Å². The molecule has 0 radical (unpaired) electrons. The van der Waals surface area contributed by atoms with Gasteiger partial charge in [0.1, 0.15) is 5.82 Å². The molecule has 2 rings (SSSR count). The number of benzene rings is 1. The highest BCUT2D eigenvalue weighted by Gasteiger charge is 2.37. The van der Waals surface area contributed by atoms with Crippen LogP contribution in [0, 0.1) is 5.82 Å². The average molecular weight is 267 g/mol. The highest BCUT2D eigenvalue weighted by atomic mass is 79.9. The molecule has 1 aliphatic rings. The molecule has 2 N–H and O–H groups in total. The van der Waals surface area contributed by atoms with Gasteiger partial charge in [-0.3, -0.25) is 0 Å². The standard InChI is InChI=1S/C9H9BrFN.ClH/c10-6-2-1-3-7(11)9(6)5-4-8(5)12;/h1-3,5,8H,4,12H2;1H/t5-,8-;/m1./s1. The molecule has 0 amide bonds. The van der Waals surface area contributed by atoms with Crippen molar-refractivity contribution in [2.75, 3.05) is 0 Å². The summed E-state index contributed by atoms with van der Waals surface area (Å²) in [5.74, 6) is 0.0721. The zero-order chi connectivity index (χ0) is 8.72. The van der Waals surface area contributed by atoms with E-state index in [2.05, 4.69) is 15.9 Å². The molecule has 0 aromatic heterocycles. The number of nitrogens with two attached hydrogens (primary N) is 1. The normalized spacial score (nSPS) is 25.2. The molecule has 1 aliphatic carbocycles. The Morgan fingerprint density at radius 3 is 2.54 bits per heavy atom. The van der Waals surface area contributed by atoms with Crippen molar-refractivity contribution < 1.29 is 4.39 Å². The summed E-state index contributed by atoms with van der Waals surface area (Å²) >= 11 is 3.32. The number of rotatable bonds is 1. The smallest absolute Gasteiger partial charge is 0.127 e. The van der Waals surface area contributed by atoms with E-state index in [1.165, 1.54) is 6.07 Å². The molecule has 0 bridgehead atoms. The molecule has 1 fully saturated rings. The van der Waals surface area contributed by atoms with Crippen molar-refractivity contribution in [3.8, 4) is 0 Å². The molecule has 0 aliphatic heterocycles. The summed E-state index contributed by atoms with van der Waals surface area (Å²) in [6.07, 6.45) is 0.902. The number of hydrogen-bond donors (Lipinski definition) is 1. The van der Waals surface area contributed by atoms with Crippen molar-refractivity contribution in [3.05, 3.63) is 34.1 Å². The lowest BCUT2D eigenvalue weighted by atomic mass is 10.1. The van der Waals surface area contributed by atoms with E-state index < -0.39 is 0 Å². The minimum atomic E-state index is -0.151. The van der Waals surface area contributed by atoms with Crippen molar-refractivity contribution >= 4 is 28.3 Å². The fraction of sp³-hybridized carbons (Fsp3) is 0.333. The third-order valence-corrected chi connectivity index (χ3v) is 2.90. The largest absolute Gasteiger partial charge is 0.327 e. The zero-order valence-electron chi connectivity index (χ0n) is 6.84. The molecule has 0 saturated heterocycles. The summed E-state index contributed by atoms with van der Waals surface area (Å²) in [6.45, 7) is 0. The van der Waals surface area contributed by atoms with Gasteiger partial charge in [0.25, 0.3) is 0 Å². The van der Waals surface area contributed by atoms with Crippen LogP contribution < -0.4 is 5.73 Å². The van der Waals surface area contributed by atoms with Gasteiger partial charge in [0.05, 0.1) is 0 Å². The fourth-order valence-corrected chi connectivity index (χ4v) is 2.05. The fourth-order valence-electron chi connectivity index (χ4n) is 1.41. The van der Waals surface area contributed by atoms with E-state index in [-0.39, 0.29) is 30.2 Å². The number of halogens is 3. The van der Waals surface area contributed by atoms with E-state index in [0.717, 1.165) is 16.5 Å². The van der Waals surface area contributed by atoms with Crippen LogP contribution in [-0.4, -0.2) is 6.04 Å². The third kappa shape index (κ3) is 2.03. The third-order valence-electron chi connectivity index (χ3n) is 2.21. The summed E-state index contributed by atoms with van der Waals surface area (Å²) in [4.78, 5) is 0. The minimum Gasteiger partial charge on any atom is -0.327 e. The van der Waals surface area contributed by atoms with Crippen LogP contribution >= 0.6 is 28.3 Å². The Hall–Kier alpha value is -0.120. The van der Waals surface area contributed by atoms with Gasteiger partial charge < -0.3 is 5.73 Å². The molecule has 72 valence electrons. The Bertz CT molecular complexity index is 298. The SMILES string of the molecule is Cl.N[C@@H]1C[C@H]1c1c(F)cccc1Br. The van der Waals surface area contributed by atoms with Gasteiger partial charge in [0.2, 0.25) is 0 Å². The Balaban J connectivity index is 0.000000845. The molecule has 13 heavy (non-hydrogen) atoms. The Morgan fingerprint density at radius 1 is 1.46 bits per heavy atom. The van der Waals surface area contributed by atoms with Gasteiger partial charge in [-0.1, -0.05) is 22.0 Å². The molecule has 0 spiro atoms. The van der Waals surface area contributed by atoms with Gasteiger partial charge in [-0.15, -0.1) is 12.4 Å². The Labute approximate surface area is 91.0 Å². The Kier molecular flexibility index (Phi) is 3.33. The highest BCUT2D eigenvalue weighted by Crippen LogP contribution is 2.43. The van der Waals surface area contributed by atoms with Crippen LogP contribution in [0.15, 0.2) is 22.7 Å². The Morgan fingerprint density at radius 2 is 2.08 bits per heavy atom. The first-order valence-corrected chi connectivity index (χ1v) is 4.69.